The molecule has 1 rings (SSSR count). The summed E-state index contributed by atoms with van der Waals surface area (Å²) in [6, 6.07) is 8.16. The first kappa shape index (κ1) is 11.1. The van der Waals surface area contributed by atoms with Crippen LogP contribution < -0.4 is 4.74 Å². The lowest BCUT2D eigenvalue weighted by atomic mass is 10.1. The molecule has 0 bridgehead atoms. The van der Waals surface area contributed by atoms with Gasteiger partial charge >= 0.3 is 0 Å². The van der Waals surface area contributed by atoms with Crippen LogP contribution in [0.5, 0.6) is 5.75 Å². The van der Waals surface area contributed by atoms with E-state index in [-0.39, 0.29) is 0 Å². The summed E-state index contributed by atoms with van der Waals surface area (Å²) >= 11 is 0. The van der Waals surface area contributed by atoms with E-state index in [0.717, 1.165) is 25.2 Å². The fourth-order valence-corrected chi connectivity index (χ4v) is 1.15. The molecule has 1 aromatic rings. The van der Waals surface area contributed by atoms with E-state index in [1.165, 1.54) is 5.56 Å². The van der Waals surface area contributed by atoms with Crippen molar-refractivity contribution < 1.29 is 4.74 Å². The van der Waals surface area contributed by atoms with Gasteiger partial charge in [0.25, 0.3) is 0 Å². The molecule has 0 aliphatic rings. The Morgan fingerprint density at radius 3 is 2.86 bits per heavy atom. The molecule has 0 aromatic heterocycles. The van der Waals surface area contributed by atoms with Crippen LogP contribution in [0.3, 0.4) is 0 Å². The van der Waals surface area contributed by atoms with Crippen LogP contribution in [0, 0.1) is 12.8 Å². The summed E-state index contributed by atoms with van der Waals surface area (Å²) in [6.45, 7) is 9.04. The van der Waals surface area contributed by atoms with Crippen molar-refractivity contribution in [3.8, 4) is 5.75 Å². The Balaban J connectivity index is 2.50. The zero-order valence-corrected chi connectivity index (χ0v) is 9.12. The monoisotopic (exact) mass is 191 g/mol. The SMILES string of the molecule is [CH2]Cc1cccc(OCC(C)CC)c1. The van der Waals surface area contributed by atoms with Gasteiger partial charge < -0.3 is 4.74 Å². The minimum absolute atomic E-state index is 0.624. The van der Waals surface area contributed by atoms with Gasteiger partial charge in [0.1, 0.15) is 5.75 Å². The molecule has 1 heteroatoms. The second-order valence-corrected chi connectivity index (χ2v) is 3.72. The Morgan fingerprint density at radius 1 is 1.43 bits per heavy atom. The van der Waals surface area contributed by atoms with Crippen LogP contribution in [0.2, 0.25) is 0 Å². The van der Waals surface area contributed by atoms with E-state index in [4.69, 9.17) is 4.74 Å². The summed E-state index contributed by atoms with van der Waals surface area (Å²) in [4.78, 5) is 0. The zero-order valence-electron chi connectivity index (χ0n) is 9.12. The van der Waals surface area contributed by atoms with E-state index in [1.54, 1.807) is 0 Å². The van der Waals surface area contributed by atoms with Gasteiger partial charge in [-0.15, -0.1) is 0 Å². The molecule has 1 radical (unpaired) electrons. The molecule has 77 valence electrons. The van der Waals surface area contributed by atoms with Gasteiger partial charge in [0.2, 0.25) is 0 Å². The van der Waals surface area contributed by atoms with Gasteiger partial charge in [-0.1, -0.05) is 32.4 Å². The number of hydrogen-bond donors (Lipinski definition) is 0. The third kappa shape index (κ3) is 3.41. The summed E-state index contributed by atoms with van der Waals surface area (Å²) in [5.41, 5.74) is 1.23. The Hall–Kier alpha value is -0.980. The molecule has 14 heavy (non-hydrogen) atoms. The molecular weight excluding hydrogens is 172 g/mol. The van der Waals surface area contributed by atoms with Gasteiger partial charge in [0.05, 0.1) is 6.61 Å². The molecule has 0 spiro atoms. The van der Waals surface area contributed by atoms with Crippen molar-refractivity contribution in [3.63, 3.8) is 0 Å². The lowest BCUT2D eigenvalue weighted by Crippen LogP contribution is -2.07. The van der Waals surface area contributed by atoms with Crippen molar-refractivity contribution in [2.45, 2.75) is 26.7 Å². The first-order valence-electron chi connectivity index (χ1n) is 5.27. The fraction of sp³-hybridized carbons (Fsp3) is 0.462. The Morgan fingerprint density at radius 2 is 2.21 bits per heavy atom. The molecule has 1 nitrogen and oxygen atoms in total. The molecular formula is C13H19O. The van der Waals surface area contributed by atoms with Gasteiger partial charge in [-0.2, -0.15) is 0 Å². The average molecular weight is 191 g/mol. The minimum Gasteiger partial charge on any atom is -0.493 e. The maximum Gasteiger partial charge on any atom is 0.119 e. The second kappa shape index (κ2) is 5.69. The predicted molar refractivity (Wildman–Crippen MR) is 60.5 cm³/mol. The van der Waals surface area contributed by atoms with Crippen LogP contribution in [0.25, 0.3) is 0 Å². The Bertz CT molecular complexity index is 268. The first-order valence-corrected chi connectivity index (χ1v) is 5.27. The zero-order chi connectivity index (χ0) is 10.4. The smallest absolute Gasteiger partial charge is 0.119 e. The van der Waals surface area contributed by atoms with E-state index in [2.05, 4.69) is 32.9 Å². The van der Waals surface area contributed by atoms with E-state index < -0.39 is 0 Å². The van der Waals surface area contributed by atoms with Crippen LogP contribution in [-0.4, -0.2) is 6.61 Å². The van der Waals surface area contributed by atoms with Crippen molar-refractivity contribution in [1.29, 1.82) is 0 Å². The molecule has 0 aliphatic heterocycles. The Kier molecular flexibility index (Phi) is 4.51. The number of hydrogen-bond acceptors (Lipinski definition) is 1. The Labute approximate surface area is 87.1 Å². The molecule has 1 aromatic carbocycles. The van der Waals surface area contributed by atoms with Crippen molar-refractivity contribution in [2.75, 3.05) is 6.61 Å². The quantitative estimate of drug-likeness (QED) is 0.692. The number of benzene rings is 1. The second-order valence-electron chi connectivity index (χ2n) is 3.72. The lowest BCUT2D eigenvalue weighted by Gasteiger charge is -2.11. The van der Waals surface area contributed by atoms with Gasteiger partial charge in [-0.25, -0.2) is 0 Å². The third-order valence-electron chi connectivity index (χ3n) is 2.42. The minimum atomic E-state index is 0.624. The largest absolute Gasteiger partial charge is 0.493 e. The highest BCUT2D eigenvalue weighted by atomic mass is 16.5. The maximum absolute atomic E-state index is 5.67. The van der Waals surface area contributed by atoms with Gasteiger partial charge in [0.15, 0.2) is 0 Å². The van der Waals surface area contributed by atoms with Gasteiger partial charge in [0, 0.05) is 0 Å². The highest BCUT2D eigenvalue weighted by Gasteiger charge is 2.00. The molecule has 0 heterocycles. The van der Waals surface area contributed by atoms with E-state index in [1.807, 2.05) is 12.1 Å². The molecule has 0 fully saturated rings. The third-order valence-corrected chi connectivity index (χ3v) is 2.42. The lowest BCUT2D eigenvalue weighted by molar-refractivity contribution is 0.256. The molecule has 0 saturated carbocycles. The molecule has 0 saturated heterocycles. The summed E-state index contributed by atoms with van der Waals surface area (Å²) in [7, 11) is 0. The average Bonchev–Trinajstić information content (AvgIpc) is 2.26. The first-order chi connectivity index (χ1) is 6.76. The summed E-state index contributed by atoms with van der Waals surface area (Å²) in [5, 5.41) is 0. The highest BCUT2D eigenvalue weighted by molar-refractivity contribution is 5.28. The standard InChI is InChI=1S/C13H19O/c1-4-11(3)10-14-13-8-6-7-12(5-2)9-13/h6-9,11H,2,4-5,10H2,1,3H3. The highest BCUT2D eigenvalue weighted by Crippen LogP contribution is 2.15. The van der Waals surface area contributed by atoms with Crippen molar-refractivity contribution in [2.24, 2.45) is 5.92 Å². The van der Waals surface area contributed by atoms with E-state index in [0.29, 0.717) is 5.92 Å². The normalized spacial score (nSPS) is 12.5. The molecule has 1 unspecified atom stereocenters. The molecule has 1 atom stereocenters. The van der Waals surface area contributed by atoms with Crippen LogP contribution in [0.15, 0.2) is 24.3 Å². The fourth-order valence-electron chi connectivity index (χ4n) is 1.15. The van der Waals surface area contributed by atoms with Crippen LogP contribution in [0.4, 0.5) is 0 Å². The van der Waals surface area contributed by atoms with Crippen LogP contribution >= 0.6 is 0 Å². The van der Waals surface area contributed by atoms with Crippen LogP contribution in [-0.2, 0) is 6.42 Å². The molecule has 0 aliphatic carbocycles. The van der Waals surface area contributed by atoms with E-state index in [9.17, 15) is 0 Å². The summed E-state index contributed by atoms with van der Waals surface area (Å²) < 4.78 is 5.67. The summed E-state index contributed by atoms with van der Waals surface area (Å²) in [5.74, 6) is 1.59. The van der Waals surface area contributed by atoms with Crippen LogP contribution in [0.1, 0.15) is 25.8 Å². The molecule has 0 N–H and O–H groups in total. The van der Waals surface area contributed by atoms with Crippen molar-refractivity contribution in [3.05, 3.63) is 36.8 Å². The predicted octanol–water partition coefficient (Wildman–Crippen LogP) is 3.49. The van der Waals surface area contributed by atoms with Gasteiger partial charge in [-0.3, -0.25) is 0 Å². The molecule has 0 amide bonds. The van der Waals surface area contributed by atoms with E-state index >= 15 is 0 Å². The van der Waals surface area contributed by atoms with Crippen molar-refractivity contribution in [1.82, 2.24) is 0 Å². The maximum atomic E-state index is 5.67. The van der Waals surface area contributed by atoms with Crippen molar-refractivity contribution >= 4 is 0 Å². The number of ether oxygens (including phenoxy) is 1. The van der Waals surface area contributed by atoms with Gasteiger partial charge in [-0.05, 0) is 37.0 Å². The number of rotatable bonds is 5. The topological polar surface area (TPSA) is 9.23 Å². The summed E-state index contributed by atoms with van der Waals surface area (Å²) in [6.07, 6.45) is 1.98.